The number of benzene rings is 1. The molecule has 3 fully saturated rings. The van der Waals surface area contributed by atoms with Crippen molar-refractivity contribution in [1.82, 2.24) is 10.2 Å². The van der Waals surface area contributed by atoms with E-state index in [0.29, 0.717) is 30.1 Å². The van der Waals surface area contributed by atoms with E-state index < -0.39 is 0 Å². The molecule has 0 unspecified atom stereocenters. The molecule has 1 N–H and O–H groups in total. The minimum absolute atomic E-state index is 0.0173. The monoisotopic (exact) mass is 312 g/mol. The second kappa shape index (κ2) is 5.99. The molecule has 0 heterocycles. The Kier molecular flexibility index (Phi) is 3.83. The number of nitrogens with one attached hydrogen (secondary N) is 1. The topological polar surface area (TPSA) is 49.4 Å². The number of hydrogen-bond acceptors (Lipinski definition) is 2. The lowest BCUT2D eigenvalue weighted by atomic mass is 9.84. The van der Waals surface area contributed by atoms with Crippen molar-refractivity contribution >= 4 is 11.8 Å². The van der Waals surface area contributed by atoms with Crippen molar-refractivity contribution in [3.63, 3.8) is 0 Å². The molecule has 3 aliphatic carbocycles. The molecule has 4 rings (SSSR count). The maximum atomic E-state index is 12.6. The van der Waals surface area contributed by atoms with E-state index in [-0.39, 0.29) is 11.8 Å². The van der Waals surface area contributed by atoms with Gasteiger partial charge in [-0.3, -0.25) is 9.59 Å². The Hall–Kier alpha value is -1.84. The zero-order chi connectivity index (χ0) is 15.8. The molecule has 0 saturated heterocycles. The molecule has 2 amide bonds. The molecular weight excluding hydrogens is 288 g/mol. The molecule has 3 aliphatic rings. The largest absolute Gasteiger partial charge is 0.349 e. The van der Waals surface area contributed by atoms with Crippen LogP contribution in [0.15, 0.2) is 24.3 Å². The summed E-state index contributed by atoms with van der Waals surface area (Å²) in [6.45, 7) is 0.685. The molecular formula is C19H24N2O2. The van der Waals surface area contributed by atoms with Crippen molar-refractivity contribution in [2.24, 2.45) is 5.92 Å². The van der Waals surface area contributed by atoms with Crippen LogP contribution >= 0.6 is 0 Å². The summed E-state index contributed by atoms with van der Waals surface area (Å²) in [4.78, 5) is 26.7. The molecule has 0 aliphatic heterocycles. The minimum Gasteiger partial charge on any atom is -0.349 e. The van der Waals surface area contributed by atoms with E-state index in [1.807, 2.05) is 24.3 Å². The van der Waals surface area contributed by atoms with Crippen molar-refractivity contribution in [1.29, 1.82) is 0 Å². The summed E-state index contributed by atoms with van der Waals surface area (Å²) in [6, 6.07) is 8.57. The first-order valence-electron chi connectivity index (χ1n) is 8.91. The maximum absolute atomic E-state index is 12.6. The predicted molar refractivity (Wildman–Crippen MR) is 87.8 cm³/mol. The highest BCUT2D eigenvalue weighted by Crippen LogP contribution is 2.35. The number of carbonyl (C=O) groups excluding carboxylic acids is 2. The van der Waals surface area contributed by atoms with Crippen LogP contribution in [0.4, 0.5) is 0 Å². The van der Waals surface area contributed by atoms with Gasteiger partial charge in [0.2, 0.25) is 5.91 Å². The van der Waals surface area contributed by atoms with Crippen molar-refractivity contribution in [2.45, 2.75) is 63.6 Å². The summed E-state index contributed by atoms with van der Waals surface area (Å²) in [5, 5.41) is 3.00. The predicted octanol–water partition coefficient (Wildman–Crippen LogP) is 2.87. The fourth-order valence-electron chi connectivity index (χ4n) is 3.12. The standard InChI is InChI=1S/C19H24N2O2/c22-18(20-16-8-9-16)14-6-4-13(5-7-14)12-21(17-10-11-17)19(23)15-2-1-3-15/h4-7,15-17H,1-3,8-12H2,(H,20,22). The van der Waals surface area contributed by atoms with Gasteiger partial charge >= 0.3 is 0 Å². The van der Waals surface area contributed by atoms with E-state index >= 15 is 0 Å². The number of carbonyl (C=O) groups is 2. The molecule has 0 radical (unpaired) electrons. The third-order valence-electron chi connectivity index (χ3n) is 5.21. The Bertz CT molecular complexity index is 598. The molecule has 1 aromatic carbocycles. The van der Waals surface area contributed by atoms with Gasteiger partial charge in [-0.05, 0) is 56.2 Å². The Morgan fingerprint density at radius 2 is 1.70 bits per heavy atom. The third kappa shape index (κ3) is 3.41. The van der Waals surface area contributed by atoms with E-state index in [1.165, 1.54) is 6.42 Å². The smallest absolute Gasteiger partial charge is 0.251 e. The molecule has 0 spiro atoms. The summed E-state index contributed by atoms with van der Waals surface area (Å²) in [5.41, 5.74) is 1.83. The van der Waals surface area contributed by atoms with E-state index in [9.17, 15) is 9.59 Å². The second-order valence-electron chi connectivity index (χ2n) is 7.27. The summed E-state index contributed by atoms with van der Waals surface area (Å²) in [5.74, 6) is 0.622. The Morgan fingerprint density at radius 3 is 2.22 bits per heavy atom. The van der Waals surface area contributed by atoms with Crippen LogP contribution in [-0.2, 0) is 11.3 Å². The Morgan fingerprint density at radius 1 is 1.00 bits per heavy atom. The molecule has 3 saturated carbocycles. The van der Waals surface area contributed by atoms with Crippen LogP contribution in [0.1, 0.15) is 60.9 Å². The van der Waals surface area contributed by atoms with Gasteiger partial charge in [-0.2, -0.15) is 0 Å². The third-order valence-corrected chi connectivity index (χ3v) is 5.21. The lowest BCUT2D eigenvalue weighted by Gasteiger charge is -2.32. The van der Waals surface area contributed by atoms with E-state index in [2.05, 4.69) is 10.2 Å². The highest BCUT2D eigenvalue weighted by Gasteiger charge is 2.37. The van der Waals surface area contributed by atoms with Crippen LogP contribution in [0.3, 0.4) is 0 Å². The van der Waals surface area contributed by atoms with Gasteiger partial charge in [0.25, 0.3) is 5.91 Å². The molecule has 0 bridgehead atoms. The van der Waals surface area contributed by atoms with Gasteiger partial charge in [0.15, 0.2) is 0 Å². The number of rotatable bonds is 6. The maximum Gasteiger partial charge on any atom is 0.251 e. The number of nitrogens with zero attached hydrogens (tertiary/aromatic N) is 1. The van der Waals surface area contributed by atoms with Gasteiger partial charge < -0.3 is 10.2 Å². The van der Waals surface area contributed by atoms with E-state index in [1.54, 1.807) is 0 Å². The number of amides is 2. The normalized spacial score (nSPS) is 20.7. The average Bonchev–Trinajstić information content (AvgIpc) is 3.37. The Labute approximate surface area is 137 Å². The molecule has 0 atom stereocenters. The van der Waals surface area contributed by atoms with Crippen molar-refractivity contribution in [3.05, 3.63) is 35.4 Å². The first-order valence-corrected chi connectivity index (χ1v) is 8.91. The van der Waals surface area contributed by atoms with E-state index in [4.69, 9.17) is 0 Å². The lowest BCUT2D eigenvalue weighted by Crippen LogP contribution is -2.39. The first-order chi connectivity index (χ1) is 11.2. The van der Waals surface area contributed by atoms with Crippen LogP contribution in [-0.4, -0.2) is 28.8 Å². The van der Waals surface area contributed by atoms with Gasteiger partial charge in [-0.1, -0.05) is 18.6 Å². The fourth-order valence-corrected chi connectivity index (χ4v) is 3.12. The van der Waals surface area contributed by atoms with Gasteiger partial charge in [-0.25, -0.2) is 0 Å². The SMILES string of the molecule is O=C(NC1CC1)c1ccc(CN(C(=O)C2CCC2)C2CC2)cc1. The minimum atomic E-state index is 0.0173. The van der Waals surface area contributed by atoms with Crippen molar-refractivity contribution in [3.8, 4) is 0 Å². The lowest BCUT2D eigenvalue weighted by molar-refractivity contribution is -0.139. The van der Waals surface area contributed by atoms with E-state index in [0.717, 1.165) is 44.1 Å². The van der Waals surface area contributed by atoms with Gasteiger partial charge in [0, 0.05) is 30.1 Å². The number of hydrogen-bond donors (Lipinski definition) is 1. The average molecular weight is 312 g/mol. The highest BCUT2D eigenvalue weighted by atomic mass is 16.2. The molecule has 23 heavy (non-hydrogen) atoms. The van der Waals surface area contributed by atoms with Crippen LogP contribution in [0.2, 0.25) is 0 Å². The van der Waals surface area contributed by atoms with Gasteiger partial charge in [0.1, 0.15) is 0 Å². The van der Waals surface area contributed by atoms with Gasteiger partial charge in [-0.15, -0.1) is 0 Å². The highest BCUT2D eigenvalue weighted by molar-refractivity contribution is 5.94. The van der Waals surface area contributed by atoms with Crippen LogP contribution in [0, 0.1) is 5.92 Å². The summed E-state index contributed by atoms with van der Waals surface area (Å²) in [7, 11) is 0. The fraction of sp³-hybridized carbons (Fsp3) is 0.579. The molecule has 0 aromatic heterocycles. The zero-order valence-corrected chi connectivity index (χ0v) is 13.5. The molecule has 4 heteroatoms. The second-order valence-corrected chi connectivity index (χ2v) is 7.27. The summed E-state index contributed by atoms with van der Waals surface area (Å²) in [6.07, 6.45) is 7.79. The van der Waals surface area contributed by atoms with Crippen LogP contribution in [0.5, 0.6) is 0 Å². The zero-order valence-electron chi connectivity index (χ0n) is 13.5. The van der Waals surface area contributed by atoms with Crippen molar-refractivity contribution < 1.29 is 9.59 Å². The van der Waals surface area contributed by atoms with Crippen LogP contribution < -0.4 is 5.32 Å². The van der Waals surface area contributed by atoms with Crippen LogP contribution in [0.25, 0.3) is 0 Å². The molecule has 4 nitrogen and oxygen atoms in total. The first kappa shape index (κ1) is 14.7. The summed E-state index contributed by atoms with van der Waals surface area (Å²) >= 11 is 0. The van der Waals surface area contributed by atoms with Crippen molar-refractivity contribution in [2.75, 3.05) is 0 Å². The molecule has 1 aromatic rings. The quantitative estimate of drug-likeness (QED) is 0.878. The Balaban J connectivity index is 1.40. The van der Waals surface area contributed by atoms with Gasteiger partial charge in [0.05, 0.1) is 0 Å². The summed E-state index contributed by atoms with van der Waals surface area (Å²) < 4.78 is 0. The molecule has 122 valence electrons.